The quantitative estimate of drug-likeness (QED) is 0.899. The fraction of sp³-hybridized carbons (Fsp3) is 0.579. The molecular weight excluding hydrogens is 304 g/mol. The summed E-state index contributed by atoms with van der Waals surface area (Å²) < 4.78 is 5.36. The molecule has 1 N–H and O–H groups in total. The Labute approximate surface area is 143 Å². The van der Waals surface area contributed by atoms with Gasteiger partial charge in [0.15, 0.2) is 0 Å². The molecule has 2 saturated heterocycles. The molecule has 1 aromatic rings. The van der Waals surface area contributed by atoms with Crippen molar-refractivity contribution < 1.29 is 14.3 Å². The van der Waals surface area contributed by atoms with Crippen molar-refractivity contribution in [3.63, 3.8) is 0 Å². The SMILES string of the molecule is O=C(NC[C@H]1CCCN(C(=O)C[C@H]2CCOC2)C1)c1ccccc1. The first-order valence-electron chi connectivity index (χ1n) is 8.91. The van der Waals surface area contributed by atoms with Crippen LogP contribution in [0.3, 0.4) is 0 Å². The lowest BCUT2D eigenvalue weighted by molar-refractivity contribution is -0.134. The van der Waals surface area contributed by atoms with Gasteiger partial charge in [-0.1, -0.05) is 18.2 Å². The molecule has 0 aromatic heterocycles. The van der Waals surface area contributed by atoms with Gasteiger partial charge in [0.05, 0.1) is 0 Å². The molecular formula is C19H26N2O3. The fourth-order valence-corrected chi connectivity index (χ4v) is 3.51. The maximum Gasteiger partial charge on any atom is 0.251 e. The van der Waals surface area contributed by atoms with E-state index in [4.69, 9.17) is 4.74 Å². The molecule has 5 nitrogen and oxygen atoms in total. The van der Waals surface area contributed by atoms with E-state index < -0.39 is 0 Å². The second-order valence-electron chi connectivity index (χ2n) is 6.86. The normalized spacial score (nSPS) is 23.9. The van der Waals surface area contributed by atoms with E-state index in [-0.39, 0.29) is 11.8 Å². The summed E-state index contributed by atoms with van der Waals surface area (Å²) in [6, 6.07) is 9.26. The van der Waals surface area contributed by atoms with Gasteiger partial charge >= 0.3 is 0 Å². The molecule has 2 fully saturated rings. The number of nitrogens with zero attached hydrogens (tertiary/aromatic N) is 1. The van der Waals surface area contributed by atoms with Crippen molar-refractivity contribution in [1.82, 2.24) is 10.2 Å². The highest BCUT2D eigenvalue weighted by Crippen LogP contribution is 2.21. The number of nitrogens with one attached hydrogen (secondary N) is 1. The molecule has 2 atom stereocenters. The number of piperidine rings is 1. The third-order valence-corrected chi connectivity index (χ3v) is 4.95. The largest absolute Gasteiger partial charge is 0.381 e. The van der Waals surface area contributed by atoms with Crippen molar-refractivity contribution >= 4 is 11.8 Å². The van der Waals surface area contributed by atoms with E-state index in [1.54, 1.807) is 0 Å². The van der Waals surface area contributed by atoms with Crippen LogP contribution >= 0.6 is 0 Å². The number of hydrogen-bond acceptors (Lipinski definition) is 3. The Morgan fingerprint density at radius 1 is 1.17 bits per heavy atom. The Balaban J connectivity index is 1.45. The van der Waals surface area contributed by atoms with Crippen molar-refractivity contribution in [2.75, 3.05) is 32.8 Å². The minimum atomic E-state index is -0.0397. The number of ether oxygens (including phenoxy) is 1. The summed E-state index contributed by atoms with van der Waals surface area (Å²) >= 11 is 0. The number of likely N-dealkylation sites (tertiary alicyclic amines) is 1. The second-order valence-corrected chi connectivity index (χ2v) is 6.86. The molecule has 0 aliphatic carbocycles. The van der Waals surface area contributed by atoms with E-state index in [0.29, 0.717) is 30.4 Å². The number of benzene rings is 1. The van der Waals surface area contributed by atoms with Crippen LogP contribution in [0.2, 0.25) is 0 Å². The molecule has 0 bridgehead atoms. The van der Waals surface area contributed by atoms with Gasteiger partial charge in [-0.25, -0.2) is 0 Å². The average Bonchev–Trinajstić information content (AvgIpc) is 3.13. The van der Waals surface area contributed by atoms with Crippen LogP contribution in [0, 0.1) is 11.8 Å². The van der Waals surface area contributed by atoms with Crippen LogP contribution in [0.15, 0.2) is 30.3 Å². The molecule has 2 heterocycles. The zero-order valence-corrected chi connectivity index (χ0v) is 14.1. The molecule has 5 heteroatoms. The standard InChI is InChI=1S/C19H26N2O3/c22-18(11-15-8-10-24-14-15)21-9-4-5-16(13-21)12-20-19(23)17-6-2-1-3-7-17/h1-3,6-7,15-16H,4-5,8-14H2,(H,20,23)/t15-,16-/m1/s1. The van der Waals surface area contributed by atoms with Crippen LogP contribution in [0.1, 0.15) is 36.0 Å². The van der Waals surface area contributed by atoms with Gasteiger partial charge < -0.3 is 15.0 Å². The first-order chi connectivity index (χ1) is 11.7. The summed E-state index contributed by atoms with van der Waals surface area (Å²) in [5.41, 5.74) is 0.683. The highest BCUT2D eigenvalue weighted by Gasteiger charge is 2.27. The smallest absolute Gasteiger partial charge is 0.251 e. The van der Waals surface area contributed by atoms with Gasteiger partial charge in [0.2, 0.25) is 5.91 Å². The lowest BCUT2D eigenvalue weighted by atomic mass is 9.96. The highest BCUT2D eigenvalue weighted by atomic mass is 16.5. The van der Waals surface area contributed by atoms with Crippen LogP contribution in [0.5, 0.6) is 0 Å². The predicted molar refractivity (Wildman–Crippen MR) is 91.6 cm³/mol. The number of amides is 2. The maximum atomic E-state index is 12.4. The van der Waals surface area contributed by atoms with E-state index in [1.165, 1.54) is 0 Å². The van der Waals surface area contributed by atoms with Crippen LogP contribution in [0.4, 0.5) is 0 Å². The molecule has 0 radical (unpaired) electrons. The summed E-state index contributed by atoms with van der Waals surface area (Å²) in [5.74, 6) is 0.928. The van der Waals surface area contributed by atoms with E-state index in [1.807, 2.05) is 35.2 Å². The van der Waals surface area contributed by atoms with Gasteiger partial charge in [-0.15, -0.1) is 0 Å². The number of rotatable bonds is 5. The van der Waals surface area contributed by atoms with Crippen molar-refractivity contribution in [2.45, 2.75) is 25.7 Å². The number of hydrogen-bond donors (Lipinski definition) is 1. The van der Waals surface area contributed by atoms with E-state index in [9.17, 15) is 9.59 Å². The predicted octanol–water partition coefficient (Wildman–Crippen LogP) is 2.08. The van der Waals surface area contributed by atoms with Gasteiger partial charge in [-0.3, -0.25) is 9.59 Å². The second kappa shape index (κ2) is 8.29. The van der Waals surface area contributed by atoms with E-state index in [2.05, 4.69) is 5.32 Å². The Hall–Kier alpha value is -1.88. The summed E-state index contributed by atoms with van der Waals surface area (Å²) in [6.07, 6.45) is 3.67. The van der Waals surface area contributed by atoms with Crippen LogP contribution in [-0.2, 0) is 9.53 Å². The Morgan fingerprint density at radius 2 is 2.00 bits per heavy atom. The van der Waals surface area contributed by atoms with Gasteiger partial charge in [-0.05, 0) is 43.2 Å². The molecule has 24 heavy (non-hydrogen) atoms. The summed E-state index contributed by atoms with van der Waals surface area (Å²) in [4.78, 5) is 26.5. The molecule has 130 valence electrons. The number of carbonyl (C=O) groups is 2. The lowest BCUT2D eigenvalue weighted by Crippen LogP contribution is -2.44. The minimum absolute atomic E-state index is 0.0397. The molecule has 3 rings (SSSR count). The van der Waals surface area contributed by atoms with Crippen molar-refractivity contribution in [1.29, 1.82) is 0 Å². The summed E-state index contributed by atoms with van der Waals surface area (Å²) in [7, 11) is 0. The zero-order chi connectivity index (χ0) is 16.8. The fourth-order valence-electron chi connectivity index (χ4n) is 3.51. The Morgan fingerprint density at radius 3 is 2.75 bits per heavy atom. The van der Waals surface area contributed by atoms with Crippen molar-refractivity contribution in [3.05, 3.63) is 35.9 Å². The average molecular weight is 330 g/mol. The van der Waals surface area contributed by atoms with Crippen LogP contribution in [0.25, 0.3) is 0 Å². The zero-order valence-electron chi connectivity index (χ0n) is 14.1. The van der Waals surface area contributed by atoms with Gasteiger partial charge in [0, 0.05) is 44.8 Å². The molecule has 1 aromatic carbocycles. The van der Waals surface area contributed by atoms with Crippen LogP contribution in [-0.4, -0.2) is 49.6 Å². The first-order valence-corrected chi connectivity index (χ1v) is 8.91. The topological polar surface area (TPSA) is 58.6 Å². The highest BCUT2D eigenvalue weighted by molar-refractivity contribution is 5.94. The van der Waals surface area contributed by atoms with Gasteiger partial charge in [-0.2, -0.15) is 0 Å². The molecule has 0 saturated carbocycles. The molecule has 0 unspecified atom stereocenters. The monoisotopic (exact) mass is 330 g/mol. The molecule has 2 aliphatic heterocycles. The van der Waals surface area contributed by atoms with Gasteiger partial charge in [0.1, 0.15) is 0 Å². The lowest BCUT2D eigenvalue weighted by Gasteiger charge is -2.33. The maximum absolute atomic E-state index is 12.4. The van der Waals surface area contributed by atoms with E-state index >= 15 is 0 Å². The molecule has 0 spiro atoms. The minimum Gasteiger partial charge on any atom is -0.381 e. The third-order valence-electron chi connectivity index (χ3n) is 4.95. The molecule has 2 amide bonds. The summed E-state index contributed by atoms with van der Waals surface area (Å²) in [6.45, 7) is 3.73. The summed E-state index contributed by atoms with van der Waals surface area (Å²) in [5, 5.41) is 3.00. The van der Waals surface area contributed by atoms with Crippen molar-refractivity contribution in [2.24, 2.45) is 11.8 Å². The molecule has 2 aliphatic rings. The van der Waals surface area contributed by atoms with Crippen molar-refractivity contribution in [3.8, 4) is 0 Å². The van der Waals surface area contributed by atoms with Crippen LogP contribution < -0.4 is 5.32 Å². The number of carbonyl (C=O) groups excluding carboxylic acids is 2. The van der Waals surface area contributed by atoms with Gasteiger partial charge in [0.25, 0.3) is 5.91 Å². The third kappa shape index (κ3) is 4.57. The Bertz CT molecular complexity index is 555. The first kappa shape index (κ1) is 17.0. The van der Waals surface area contributed by atoms with E-state index in [0.717, 1.165) is 45.6 Å². The Kier molecular flexibility index (Phi) is 5.86.